The van der Waals surface area contributed by atoms with Crippen LogP contribution in [-0.4, -0.2) is 59.7 Å². The van der Waals surface area contributed by atoms with Crippen molar-refractivity contribution in [2.75, 3.05) is 43.6 Å². The maximum Gasteiger partial charge on any atom is 0.254 e. The minimum absolute atomic E-state index is 0.140. The first-order valence-corrected chi connectivity index (χ1v) is 12.9. The highest BCUT2D eigenvalue weighted by Gasteiger charge is 2.27. The van der Waals surface area contributed by atoms with Crippen LogP contribution in [0.15, 0.2) is 55.0 Å². The van der Waals surface area contributed by atoms with Gasteiger partial charge in [-0.25, -0.2) is 14.4 Å². The minimum Gasteiger partial charge on any atom is -0.378 e. The van der Waals surface area contributed by atoms with Gasteiger partial charge in [-0.05, 0) is 49.7 Å². The Labute approximate surface area is 220 Å². The highest BCUT2D eigenvalue weighted by atomic mass is 19.1. The van der Waals surface area contributed by atoms with E-state index in [1.165, 1.54) is 25.0 Å². The summed E-state index contributed by atoms with van der Waals surface area (Å²) in [6, 6.07) is 11.4. The number of hydrogen-bond donors (Lipinski definition) is 3. The standard InChI is InChI=1S/C24H21FN6O2.C4H9N/c25-15-5-6-31-20(14-27-22(31)11-15)17-2-3-19(23-18(17)13-28-24(23)32)29-21-4-1-16(12-26-21)30-7-9-33-10-8-30;1-5-4-2-3-4/h1-6,11-12,14H,7-10,13H2,(H,26,29)(H,28,32);4-5H,2-3H2,1H3. The van der Waals surface area contributed by atoms with Crippen LogP contribution in [-0.2, 0) is 11.3 Å². The Morgan fingerprint density at radius 3 is 2.63 bits per heavy atom. The van der Waals surface area contributed by atoms with Gasteiger partial charge in [0.25, 0.3) is 5.91 Å². The first-order valence-electron chi connectivity index (χ1n) is 12.9. The molecule has 1 saturated heterocycles. The van der Waals surface area contributed by atoms with E-state index in [1.54, 1.807) is 12.4 Å². The molecule has 2 fully saturated rings. The van der Waals surface area contributed by atoms with Crippen LogP contribution < -0.4 is 20.9 Å². The van der Waals surface area contributed by atoms with E-state index in [0.29, 0.717) is 29.3 Å². The summed E-state index contributed by atoms with van der Waals surface area (Å²) in [5.74, 6) is 0.180. The summed E-state index contributed by atoms with van der Waals surface area (Å²) in [6.45, 7) is 3.54. The van der Waals surface area contributed by atoms with Crippen molar-refractivity contribution in [3.63, 3.8) is 0 Å². The number of ether oxygens (including phenoxy) is 1. The molecule has 0 unspecified atom stereocenters. The molecular formula is C28H30FN7O2. The molecular weight excluding hydrogens is 485 g/mol. The summed E-state index contributed by atoms with van der Waals surface area (Å²) in [7, 11) is 2.01. The van der Waals surface area contributed by atoms with Crippen molar-refractivity contribution in [1.82, 2.24) is 25.0 Å². The number of aromatic nitrogens is 3. The van der Waals surface area contributed by atoms with Gasteiger partial charge in [0, 0.05) is 43.5 Å². The van der Waals surface area contributed by atoms with Crippen molar-refractivity contribution in [2.24, 2.45) is 0 Å². The number of anilines is 3. The number of rotatable bonds is 5. The van der Waals surface area contributed by atoms with E-state index in [2.05, 4.69) is 30.8 Å². The molecule has 0 atom stereocenters. The van der Waals surface area contributed by atoms with E-state index in [-0.39, 0.29) is 11.7 Å². The number of fused-ring (bicyclic) bond motifs is 2. The van der Waals surface area contributed by atoms with Gasteiger partial charge >= 0.3 is 0 Å². The fraction of sp³-hybridized carbons (Fsp3) is 0.321. The van der Waals surface area contributed by atoms with Crippen LogP contribution in [0.4, 0.5) is 21.6 Å². The van der Waals surface area contributed by atoms with Crippen molar-refractivity contribution >= 4 is 28.7 Å². The SMILES string of the molecule is CNC1CC1.O=C1NCc2c(-c3cnc4cc(F)ccn34)ccc(Nc3ccc(N4CCOCC4)cn3)c21. The number of nitrogens with zero attached hydrogens (tertiary/aromatic N) is 4. The zero-order chi connectivity index (χ0) is 26.1. The summed E-state index contributed by atoms with van der Waals surface area (Å²) in [6.07, 6.45) is 7.98. The monoisotopic (exact) mass is 515 g/mol. The third-order valence-electron chi connectivity index (χ3n) is 7.09. The number of carbonyl (C=O) groups is 1. The zero-order valence-electron chi connectivity index (χ0n) is 21.2. The van der Waals surface area contributed by atoms with Crippen LogP contribution in [0.5, 0.6) is 0 Å². The molecule has 9 nitrogen and oxygen atoms in total. The van der Waals surface area contributed by atoms with Crippen LogP contribution in [0.2, 0.25) is 0 Å². The molecule has 1 saturated carbocycles. The number of imidazole rings is 1. The van der Waals surface area contributed by atoms with Crippen molar-refractivity contribution < 1.29 is 13.9 Å². The molecule has 4 aromatic rings. The van der Waals surface area contributed by atoms with E-state index >= 15 is 0 Å². The Morgan fingerprint density at radius 2 is 1.92 bits per heavy atom. The Kier molecular flexibility index (Phi) is 6.65. The molecule has 3 aromatic heterocycles. The highest BCUT2D eigenvalue weighted by Crippen LogP contribution is 2.35. The Morgan fingerprint density at radius 1 is 1.08 bits per heavy atom. The molecule has 3 aliphatic rings. The summed E-state index contributed by atoms with van der Waals surface area (Å²) in [4.78, 5) is 23.8. The number of nitrogens with one attached hydrogen (secondary N) is 3. The van der Waals surface area contributed by atoms with E-state index in [0.717, 1.165) is 54.9 Å². The lowest BCUT2D eigenvalue weighted by molar-refractivity contribution is 0.0966. The van der Waals surface area contributed by atoms with Gasteiger partial charge in [-0.1, -0.05) is 6.07 Å². The number of hydrogen-bond acceptors (Lipinski definition) is 7. The maximum absolute atomic E-state index is 13.6. The molecule has 3 N–H and O–H groups in total. The van der Waals surface area contributed by atoms with Crippen molar-refractivity contribution in [3.8, 4) is 11.3 Å². The average Bonchev–Trinajstić information content (AvgIpc) is 3.60. The molecule has 2 aliphatic heterocycles. The number of carbonyl (C=O) groups excluding carboxylic acids is 1. The van der Waals surface area contributed by atoms with E-state index < -0.39 is 0 Å². The number of benzene rings is 1. The molecule has 0 radical (unpaired) electrons. The largest absolute Gasteiger partial charge is 0.378 e. The van der Waals surface area contributed by atoms with E-state index in [9.17, 15) is 9.18 Å². The fourth-order valence-corrected chi connectivity index (χ4v) is 4.83. The quantitative estimate of drug-likeness (QED) is 0.373. The smallest absolute Gasteiger partial charge is 0.254 e. The normalized spacial score (nSPS) is 16.6. The summed E-state index contributed by atoms with van der Waals surface area (Å²) < 4.78 is 20.8. The van der Waals surface area contributed by atoms with Gasteiger partial charge in [-0.15, -0.1) is 0 Å². The molecule has 1 aromatic carbocycles. The predicted octanol–water partition coefficient (Wildman–Crippen LogP) is 3.73. The van der Waals surface area contributed by atoms with Crippen molar-refractivity contribution in [3.05, 3.63) is 71.9 Å². The lowest BCUT2D eigenvalue weighted by Crippen LogP contribution is -2.36. The van der Waals surface area contributed by atoms with Gasteiger partial charge in [-0.3, -0.25) is 9.20 Å². The molecule has 7 rings (SSSR count). The lowest BCUT2D eigenvalue weighted by atomic mass is 9.99. The molecule has 0 spiro atoms. The average molecular weight is 516 g/mol. The van der Waals surface area contributed by atoms with Gasteiger partial charge in [0.1, 0.15) is 17.3 Å². The summed E-state index contributed by atoms with van der Waals surface area (Å²) in [5.41, 5.74) is 5.40. The number of halogens is 1. The maximum atomic E-state index is 13.6. The molecule has 1 amide bonds. The first kappa shape index (κ1) is 24.3. The molecule has 0 bridgehead atoms. The molecule has 196 valence electrons. The van der Waals surface area contributed by atoms with Gasteiger partial charge in [0.2, 0.25) is 0 Å². The van der Waals surface area contributed by atoms with Gasteiger partial charge in [0.15, 0.2) is 0 Å². The third-order valence-corrected chi connectivity index (χ3v) is 7.09. The van der Waals surface area contributed by atoms with Gasteiger partial charge in [-0.2, -0.15) is 0 Å². The minimum atomic E-state index is -0.339. The van der Waals surface area contributed by atoms with Crippen LogP contribution >= 0.6 is 0 Å². The summed E-state index contributed by atoms with van der Waals surface area (Å²) in [5, 5.41) is 9.35. The van der Waals surface area contributed by atoms with Crippen molar-refractivity contribution in [2.45, 2.75) is 25.4 Å². The number of amides is 1. The number of morpholine rings is 1. The molecule has 1 aliphatic carbocycles. The van der Waals surface area contributed by atoms with E-state index in [4.69, 9.17) is 4.74 Å². The van der Waals surface area contributed by atoms with Crippen LogP contribution in [0.1, 0.15) is 28.8 Å². The summed E-state index contributed by atoms with van der Waals surface area (Å²) >= 11 is 0. The fourth-order valence-electron chi connectivity index (χ4n) is 4.83. The van der Waals surface area contributed by atoms with Crippen LogP contribution in [0.3, 0.4) is 0 Å². The molecule has 38 heavy (non-hydrogen) atoms. The predicted molar refractivity (Wildman–Crippen MR) is 144 cm³/mol. The molecule has 5 heterocycles. The first-order chi connectivity index (χ1) is 18.6. The second-order valence-corrected chi connectivity index (χ2v) is 9.60. The lowest BCUT2D eigenvalue weighted by Gasteiger charge is -2.28. The van der Waals surface area contributed by atoms with E-state index in [1.807, 2.05) is 41.9 Å². The molecule has 10 heteroatoms. The second-order valence-electron chi connectivity index (χ2n) is 9.60. The van der Waals surface area contributed by atoms with Crippen molar-refractivity contribution in [1.29, 1.82) is 0 Å². The third kappa shape index (κ3) is 4.92. The Hall–Kier alpha value is -4.02. The zero-order valence-corrected chi connectivity index (χ0v) is 21.2. The highest BCUT2D eigenvalue weighted by molar-refractivity contribution is 6.06. The number of pyridine rings is 2. The Balaban J connectivity index is 0.000000476. The van der Waals surface area contributed by atoms with Crippen LogP contribution in [0, 0.1) is 5.82 Å². The van der Waals surface area contributed by atoms with Gasteiger partial charge < -0.3 is 25.6 Å². The topological polar surface area (TPSA) is 95.8 Å². The van der Waals surface area contributed by atoms with Crippen LogP contribution in [0.25, 0.3) is 16.9 Å². The second kappa shape index (κ2) is 10.4. The Bertz CT molecular complexity index is 1460. The van der Waals surface area contributed by atoms with Gasteiger partial charge in [0.05, 0.1) is 48.2 Å².